The minimum atomic E-state index is 0.112. The minimum Gasteiger partial charge on any atom is -0.493 e. The summed E-state index contributed by atoms with van der Waals surface area (Å²) in [5.41, 5.74) is 1.97. The number of carbonyl (C=O) groups excluding carboxylic acids is 1. The van der Waals surface area contributed by atoms with Crippen LogP contribution < -0.4 is 9.47 Å². The number of ether oxygens (including phenoxy) is 2. The summed E-state index contributed by atoms with van der Waals surface area (Å²) in [7, 11) is 7.29. The first kappa shape index (κ1) is 16.4. The van der Waals surface area contributed by atoms with E-state index in [1.807, 2.05) is 38.5 Å². The average molecular weight is 304 g/mol. The fourth-order valence-corrected chi connectivity index (χ4v) is 2.52. The SMILES string of the molecule is COc1cc2c(cc1OC)CC(=O)N(CCCN(C)C)C=C2. The molecule has 0 saturated carbocycles. The number of methoxy groups -OCH3 is 2. The highest BCUT2D eigenvalue weighted by Crippen LogP contribution is 2.32. The predicted octanol–water partition coefficient (Wildman–Crippen LogP) is 2.01. The largest absolute Gasteiger partial charge is 0.493 e. The standard InChI is InChI=1S/C17H24N2O3/c1-18(2)7-5-8-19-9-6-13-10-15(21-3)16(22-4)11-14(13)12-17(19)20/h6,9-11H,5,7-8,12H2,1-4H3. The van der Waals surface area contributed by atoms with E-state index in [2.05, 4.69) is 4.90 Å². The van der Waals surface area contributed by atoms with Crippen LogP contribution in [0.2, 0.25) is 0 Å². The summed E-state index contributed by atoms with van der Waals surface area (Å²) in [5, 5.41) is 0. The fourth-order valence-electron chi connectivity index (χ4n) is 2.52. The molecule has 1 amide bonds. The Bertz CT molecular complexity index is 567. The van der Waals surface area contributed by atoms with Gasteiger partial charge in [-0.15, -0.1) is 0 Å². The van der Waals surface area contributed by atoms with Crippen LogP contribution in [0.4, 0.5) is 0 Å². The molecule has 0 N–H and O–H groups in total. The van der Waals surface area contributed by atoms with Gasteiger partial charge in [0, 0.05) is 12.7 Å². The van der Waals surface area contributed by atoms with Gasteiger partial charge in [-0.25, -0.2) is 0 Å². The number of carbonyl (C=O) groups is 1. The molecule has 5 heteroatoms. The first-order valence-corrected chi connectivity index (χ1v) is 7.42. The molecule has 0 aromatic heterocycles. The Kier molecular flexibility index (Phi) is 5.44. The van der Waals surface area contributed by atoms with Crippen LogP contribution in [-0.2, 0) is 11.2 Å². The lowest BCUT2D eigenvalue weighted by Gasteiger charge is -2.18. The van der Waals surface area contributed by atoms with Gasteiger partial charge >= 0.3 is 0 Å². The highest BCUT2D eigenvalue weighted by molar-refractivity contribution is 5.84. The molecular formula is C17H24N2O3. The second-order valence-electron chi connectivity index (χ2n) is 5.64. The Balaban J connectivity index is 2.17. The number of hydrogen-bond donors (Lipinski definition) is 0. The van der Waals surface area contributed by atoms with E-state index in [1.54, 1.807) is 19.1 Å². The van der Waals surface area contributed by atoms with Crippen molar-refractivity contribution in [3.63, 3.8) is 0 Å². The number of fused-ring (bicyclic) bond motifs is 1. The highest BCUT2D eigenvalue weighted by Gasteiger charge is 2.19. The van der Waals surface area contributed by atoms with Crippen LogP contribution in [0.15, 0.2) is 18.3 Å². The summed E-state index contributed by atoms with van der Waals surface area (Å²) in [6.45, 7) is 1.70. The molecule has 2 rings (SSSR count). The van der Waals surface area contributed by atoms with E-state index < -0.39 is 0 Å². The molecule has 1 aromatic carbocycles. The molecule has 0 fully saturated rings. The third-order valence-corrected chi connectivity index (χ3v) is 3.75. The molecule has 0 radical (unpaired) electrons. The zero-order valence-corrected chi connectivity index (χ0v) is 13.8. The van der Waals surface area contributed by atoms with Crippen LogP contribution in [0.3, 0.4) is 0 Å². The van der Waals surface area contributed by atoms with Crippen molar-refractivity contribution in [2.45, 2.75) is 12.8 Å². The normalized spacial score (nSPS) is 14.0. The molecule has 5 nitrogen and oxygen atoms in total. The Hall–Kier alpha value is -2.01. The lowest BCUT2D eigenvalue weighted by Crippen LogP contribution is -2.29. The lowest BCUT2D eigenvalue weighted by molar-refractivity contribution is -0.127. The molecule has 1 heterocycles. The number of hydrogen-bond acceptors (Lipinski definition) is 4. The molecule has 1 aliphatic rings. The predicted molar refractivity (Wildman–Crippen MR) is 87.2 cm³/mol. The van der Waals surface area contributed by atoms with Gasteiger partial charge in [0.05, 0.1) is 20.6 Å². The molecule has 1 aromatic rings. The lowest BCUT2D eigenvalue weighted by atomic mass is 10.0. The Labute approximate surface area is 132 Å². The first-order chi connectivity index (χ1) is 10.5. The summed E-state index contributed by atoms with van der Waals surface area (Å²) in [6, 6.07) is 3.81. The summed E-state index contributed by atoms with van der Waals surface area (Å²) < 4.78 is 10.6. The fraction of sp³-hybridized carbons (Fsp3) is 0.471. The van der Waals surface area contributed by atoms with Crippen molar-refractivity contribution in [3.05, 3.63) is 29.5 Å². The van der Waals surface area contributed by atoms with E-state index in [0.717, 1.165) is 30.6 Å². The monoisotopic (exact) mass is 304 g/mol. The second kappa shape index (κ2) is 7.31. The Morgan fingerprint density at radius 2 is 1.86 bits per heavy atom. The Morgan fingerprint density at radius 3 is 2.50 bits per heavy atom. The molecule has 22 heavy (non-hydrogen) atoms. The number of rotatable bonds is 6. The van der Waals surface area contributed by atoms with Crippen molar-refractivity contribution < 1.29 is 14.3 Å². The van der Waals surface area contributed by atoms with Gasteiger partial charge in [-0.3, -0.25) is 4.79 Å². The van der Waals surface area contributed by atoms with E-state index in [-0.39, 0.29) is 5.91 Å². The molecule has 0 bridgehead atoms. The number of nitrogens with zero attached hydrogens (tertiary/aromatic N) is 2. The van der Waals surface area contributed by atoms with Crippen LogP contribution in [0, 0.1) is 0 Å². The molecular weight excluding hydrogens is 280 g/mol. The first-order valence-electron chi connectivity index (χ1n) is 7.42. The highest BCUT2D eigenvalue weighted by atomic mass is 16.5. The second-order valence-corrected chi connectivity index (χ2v) is 5.64. The van der Waals surface area contributed by atoms with Crippen LogP contribution in [0.25, 0.3) is 6.08 Å². The number of amides is 1. The van der Waals surface area contributed by atoms with E-state index in [9.17, 15) is 4.79 Å². The molecule has 1 aliphatic heterocycles. The van der Waals surface area contributed by atoms with Crippen molar-refractivity contribution in [3.8, 4) is 11.5 Å². The van der Waals surface area contributed by atoms with Gasteiger partial charge in [0.15, 0.2) is 11.5 Å². The van der Waals surface area contributed by atoms with E-state index in [4.69, 9.17) is 9.47 Å². The molecule has 0 spiro atoms. The van der Waals surface area contributed by atoms with Gasteiger partial charge in [-0.2, -0.15) is 0 Å². The van der Waals surface area contributed by atoms with E-state index >= 15 is 0 Å². The van der Waals surface area contributed by atoms with Gasteiger partial charge in [0.25, 0.3) is 0 Å². The van der Waals surface area contributed by atoms with E-state index in [1.165, 1.54) is 0 Å². The zero-order chi connectivity index (χ0) is 16.1. The maximum Gasteiger partial charge on any atom is 0.230 e. The quantitative estimate of drug-likeness (QED) is 0.806. The van der Waals surface area contributed by atoms with Gasteiger partial charge in [0.1, 0.15) is 0 Å². The van der Waals surface area contributed by atoms with Gasteiger partial charge in [-0.05, 0) is 56.4 Å². The molecule has 120 valence electrons. The van der Waals surface area contributed by atoms with Crippen LogP contribution in [-0.4, -0.2) is 57.1 Å². The van der Waals surface area contributed by atoms with Crippen molar-refractivity contribution in [1.82, 2.24) is 9.80 Å². The van der Waals surface area contributed by atoms with Crippen molar-refractivity contribution in [2.24, 2.45) is 0 Å². The van der Waals surface area contributed by atoms with Crippen LogP contribution in [0.1, 0.15) is 17.5 Å². The minimum absolute atomic E-state index is 0.112. The molecule has 0 atom stereocenters. The van der Waals surface area contributed by atoms with Crippen molar-refractivity contribution >= 4 is 12.0 Å². The van der Waals surface area contributed by atoms with E-state index in [0.29, 0.717) is 17.9 Å². The van der Waals surface area contributed by atoms with Gasteiger partial charge < -0.3 is 19.3 Å². The maximum atomic E-state index is 12.4. The third-order valence-electron chi connectivity index (χ3n) is 3.75. The smallest absolute Gasteiger partial charge is 0.230 e. The van der Waals surface area contributed by atoms with Crippen LogP contribution >= 0.6 is 0 Å². The summed E-state index contributed by atoms with van der Waals surface area (Å²) >= 11 is 0. The average Bonchev–Trinajstić information content (AvgIpc) is 2.64. The van der Waals surface area contributed by atoms with Gasteiger partial charge in [0.2, 0.25) is 5.91 Å². The maximum absolute atomic E-state index is 12.4. The zero-order valence-electron chi connectivity index (χ0n) is 13.8. The number of benzene rings is 1. The van der Waals surface area contributed by atoms with Gasteiger partial charge in [-0.1, -0.05) is 0 Å². The van der Waals surface area contributed by atoms with Crippen molar-refractivity contribution in [2.75, 3.05) is 41.4 Å². The summed E-state index contributed by atoms with van der Waals surface area (Å²) in [5.74, 6) is 1.45. The molecule has 0 unspecified atom stereocenters. The molecule has 0 aliphatic carbocycles. The Morgan fingerprint density at radius 1 is 1.18 bits per heavy atom. The third kappa shape index (κ3) is 3.80. The summed E-state index contributed by atoms with van der Waals surface area (Å²) in [6.07, 6.45) is 5.17. The topological polar surface area (TPSA) is 42.0 Å². The van der Waals surface area contributed by atoms with Crippen molar-refractivity contribution in [1.29, 1.82) is 0 Å². The molecule has 0 saturated heterocycles. The summed E-state index contributed by atoms with van der Waals surface area (Å²) in [4.78, 5) is 16.3. The van der Waals surface area contributed by atoms with Crippen LogP contribution in [0.5, 0.6) is 11.5 Å².